The number of aryl methyl sites for hydroxylation is 1. The van der Waals surface area contributed by atoms with Crippen LogP contribution in [-0.2, 0) is 20.7 Å². The molecule has 3 aromatic carbocycles. The number of carbonyl (C=O) groups excluding carboxylic acids is 2. The average Bonchev–Trinajstić information content (AvgIpc) is 3.24. The molecule has 0 spiro atoms. The van der Waals surface area contributed by atoms with Crippen molar-refractivity contribution in [3.05, 3.63) is 95.2 Å². The fourth-order valence-electron chi connectivity index (χ4n) is 3.97. The summed E-state index contributed by atoms with van der Waals surface area (Å²) < 4.78 is 43.7. The Morgan fingerprint density at radius 1 is 0.947 bits per heavy atom. The fraction of sp³-hybridized carbons (Fsp3) is 0.207. The Morgan fingerprint density at radius 3 is 2.13 bits per heavy atom. The summed E-state index contributed by atoms with van der Waals surface area (Å²) in [7, 11) is 0. The third-order valence-electron chi connectivity index (χ3n) is 5.87. The summed E-state index contributed by atoms with van der Waals surface area (Å²) >= 11 is 0. The lowest BCUT2D eigenvalue weighted by Gasteiger charge is -2.15. The van der Waals surface area contributed by atoms with Crippen LogP contribution in [0, 0.1) is 18.6 Å². The molecule has 9 heteroatoms. The second kappa shape index (κ2) is 11.7. The molecule has 0 radical (unpaired) electrons. The largest absolute Gasteiger partial charge is 0.466 e. The Morgan fingerprint density at radius 2 is 1.53 bits per heavy atom. The Labute approximate surface area is 218 Å². The van der Waals surface area contributed by atoms with Crippen LogP contribution in [0.15, 0.2) is 71.3 Å². The van der Waals surface area contributed by atoms with Gasteiger partial charge in [0.25, 0.3) is 0 Å². The van der Waals surface area contributed by atoms with Crippen molar-refractivity contribution >= 4 is 17.7 Å². The molecule has 1 aromatic heterocycles. The molecule has 0 bridgehead atoms. The van der Waals surface area contributed by atoms with Crippen molar-refractivity contribution in [3.8, 4) is 22.5 Å². The van der Waals surface area contributed by atoms with Crippen molar-refractivity contribution in [2.75, 3.05) is 11.9 Å². The van der Waals surface area contributed by atoms with Gasteiger partial charge in [0, 0.05) is 5.56 Å². The van der Waals surface area contributed by atoms with Crippen LogP contribution in [0.4, 0.5) is 19.3 Å². The minimum absolute atomic E-state index is 0.212. The van der Waals surface area contributed by atoms with Crippen LogP contribution < -0.4 is 5.32 Å². The highest BCUT2D eigenvalue weighted by Gasteiger charge is 2.23. The zero-order chi connectivity index (χ0) is 27.2. The molecule has 196 valence electrons. The first-order valence-corrected chi connectivity index (χ1v) is 12.0. The SMILES string of the molecule is CCOC(=O)Cc1ccc(-c2ccc(-c3onc(C)c3NC(=O)OC(C)c3c(F)cccc3F)cc2)cc1. The van der Waals surface area contributed by atoms with E-state index in [1.165, 1.54) is 13.0 Å². The molecule has 1 amide bonds. The van der Waals surface area contributed by atoms with Gasteiger partial charge in [-0.3, -0.25) is 10.1 Å². The quantitative estimate of drug-likeness (QED) is 0.251. The average molecular weight is 521 g/mol. The maximum absolute atomic E-state index is 14.0. The lowest BCUT2D eigenvalue weighted by molar-refractivity contribution is -0.142. The van der Waals surface area contributed by atoms with Gasteiger partial charge in [0.1, 0.15) is 29.1 Å². The maximum atomic E-state index is 14.0. The van der Waals surface area contributed by atoms with Crippen LogP contribution in [0.2, 0.25) is 0 Å². The molecule has 1 atom stereocenters. The normalized spacial score (nSPS) is 11.6. The van der Waals surface area contributed by atoms with Crippen molar-refractivity contribution in [3.63, 3.8) is 0 Å². The van der Waals surface area contributed by atoms with Gasteiger partial charge in [-0.05, 0) is 49.6 Å². The predicted octanol–water partition coefficient (Wildman–Crippen LogP) is 7.01. The van der Waals surface area contributed by atoms with Crippen LogP contribution in [-0.4, -0.2) is 23.8 Å². The summed E-state index contributed by atoms with van der Waals surface area (Å²) in [5.41, 5.74) is 3.74. The van der Waals surface area contributed by atoms with E-state index < -0.39 is 23.8 Å². The van der Waals surface area contributed by atoms with Crippen LogP contribution in [0.3, 0.4) is 0 Å². The number of nitrogens with zero attached hydrogens (tertiary/aromatic N) is 1. The van der Waals surface area contributed by atoms with Gasteiger partial charge in [0.15, 0.2) is 5.76 Å². The van der Waals surface area contributed by atoms with E-state index in [4.69, 9.17) is 14.0 Å². The summed E-state index contributed by atoms with van der Waals surface area (Å²) in [5, 5.41) is 6.51. The molecule has 4 aromatic rings. The second-order valence-corrected chi connectivity index (χ2v) is 8.54. The van der Waals surface area contributed by atoms with Crippen LogP contribution >= 0.6 is 0 Å². The first kappa shape index (κ1) is 26.5. The molecule has 1 heterocycles. The van der Waals surface area contributed by atoms with Gasteiger partial charge in [0.2, 0.25) is 0 Å². The highest BCUT2D eigenvalue weighted by atomic mass is 19.1. The van der Waals surface area contributed by atoms with E-state index in [9.17, 15) is 18.4 Å². The molecule has 38 heavy (non-hydrogen) atoms. The van der Waals surface area contributed by atoms with E-state index in [1.54, 1.807) is 13.8 Å². The zero-order valence-electron chi connectivity index (χ0n) is 21.1. The number of anilines is 1. The number of halogens is 2. The third kappa shape index (κ3) is 6.05. The van der Waals surface area contributed by atoms with Crippen molar-refractivity contribution in [1.29, 1.82) is 0 Å². The summed E-state index contributed by atoms with van der Waals surface area (Å²) in [6.07, 6.45) is -1.86. The molecule has 0 aliphatic heterocycles. The molecular formula is C29H26F2N2O5. The van der Waals surface area contributed by atoms with Gasteiger partial charge in [-0.2, -0.15) is 0 Å². The smallest absolute Gasteiger partial charge is 0.412 e. The van der Waals surface area contributed by atoms with Crippen LogP contribution in [0.1, 0.15) is 36.8 Å². The molecule has 0 aliphatic carbocycles. The summed E-state index contributed by atoms with van der Waals surface area (Å²) in [5.74, 6) is -1.57. The van der Waals surface area contributed by atoms with Gasteiger partial charge in [-0.15, -0.1) is 0 Å². The Hall–Kier alpha value is -4.53. The molecule has 1 unspecified atom stereocenters. The van der Waals surface area contributed by atoms with E-state index in [0.717, 1.165) is 28.8 Å². The highest BCUT2D eigenvalue weighted by molar-refractivity contribution is 5.91. The number of nitrogens with one attached hydrogen (secondary N) is 1. The Balaban J connectivity index is 1.46. The lowest BCUT2D eigenvalue weighted by Crippen LogP contribution is -2.18. The van der Waals surface area contributed by atoms with Crippen molar-refractivity contribution < 1.29 is 32.4 Å². The molecule has 0 saturated heterocycles. The Bertz CT molecular complexity index is 1410. The van der Waals surface area contributed by atoms with Crippen molar-refractivity contribution in [1.82, 2.24) is 5.16 Å². The van der Waals surface area contributed by atoms with Gasteiger partial charge < -0.3 is 14.0 Å². The van der Waals surface area contributed by atoms with Crippen molar-refractivity contribution in [2.24, 2.45) is 0 Å². The first-order chi connectivity index (χ1) is 18.3. The molecule has 0 saturated carbocycles. The Kier molecular flexibility index (Phi) is 8.15. The number of ether oxygens (including phenoxy) is 2. The topological polar surface area (TPSA) is 90.7 Å². The number of carbonyl (C=O) groups is 2. The van der Waals surface area contributed by atoms with Crippen LogP contribution in [0.25, 0.3) is 22.5 Å². The van der Waals surface area contributed by atoms with E-state index in [1.807, 2.05) is 48.5 Å². The summed E-state index contributed by atoms with van der Waals surface area (Å²) in [4.78, 5) is 24.2. The number of aromatic nitrogens is 1. The molecule has 7 nitrogen and oxygen atoms in total. The molecule has 4 rings (SSSR count). The van der Waals surface area contributed by atoms with Gasteiger partial charge in [-0.25, -0.2) is 13.6 Å². The number of esters is 1. The molecular weight excluding hydrogens is 494 g/mol. The zero-order valence-corrected chi connectivity index (χ0v) is 21.1. The van der Waals surface area contributed by atoms with E-state index in [0.29, 0.717) is 23.6 Å². The standard InChI is InChI=1S/C29H26F2N2O5/c1-4-36-25(34)16-19-8-10-20(11-9-19)21-12-14-22(15-13-21)28-27(17(2)33-38-28)32-29(35)37-18(3)26-23(30)6-5-7-24(26)31/h5-15,18H,4,16H2,1-3H3,(H,32,35). The van der Waals surface area contributed by atoms with Gasteiger partial charge in [-0.1, -0.05) is 59.8 Å². The number of rotatable bonds is 8. The minimum atomic E-state index is -1.16. The van der Waals surface area contributed by atoms with Crippen molar-refractivity contribution in [2.45, 2.75) is 33.3 Å². The maximum Gasteiger partial charge on any atom is 0.412 e. The third-order valence-corrected chi connectivity index (χ3v) is 5.87. The van der Waals surface area contributed by atoms with E-state index in [2.05, 4.69) is 10.5 Å². The monoisotopic (exact) mass is 520 g/mol. The molecule has 1 N–H and O–H groups in total. The minimum Gasteiger partial charge on any atom is -0.466 e. The van der Waals surface area contributed by atoms with Crippen LogP contribution in [0.5, 0.6) is 0 Å². The molecule has 0 fully saturated rings. The number of hydrogen-bond acceptors (Lipinski definition) is 6. The number of amides is 1. The number of hydrogen-bond donors (Lipinski definition) is 1. The van der Waals surface area contributed by atoms with E-state index >= 15 is 0 Å². The van der Waals surface area contributed by atoms with E-state index in [-0.39, 0.29) is 23.6 Å². The van der Waals surface area contributed by atoms with Gasteiger partial charge in [0.05, 0.1) is 18.6 Å². The fourth-order valence-corrected chi connectivity index (χ4v) is 3.97. The summed E-state index contributed by atoms with van der Waals surface area (Å²) in [6, 6.07) is 18.4. The summed E-state index contributed by atoms with van der Waals surface area (Å²) in [6.45, 7) is 5.14. The highest BCUT2D eigenvalue weighted by Crippen LogP contribution is 2.33. The number of benzene rings is 3. The lowest BCUT2D eigenvalue weighted by atomic mass is 10.0. The van der Waals surface area contributed by atoms with Gasteiger partial charge >= 0.3 is 12.1 Å². The molecule has 0 aliphatic rings. The second-order valence-electron chi connectivity index (χ2n) is 8.54. The first-order valence-electron chi connectivity index (χ1n) is 12.0. The predicted molar refractivity (Wildman–Crippen MR) is 137 cm³/mol.